The molecule has 0 saturated carbocycles. The zero-order valence-corrected chi connectivity index (χ0v) is 9.99. The van der Waals surface area contributed by atoms with Gasteiger partial charge in [0.25, 0.3) is 5.22 Å². The molecule has 0 bridgehead atoms. The molecule has 0 spiro atoms. The van der Waals surface area contributed by atoms with Crippen LogP contribution in [-0.2, 0) is 4.79 Å². The standard InChI is InChI=1S/C10H7ClN2O3S/c11-7-3-1-2-6(4-7)9-12-13-10(16-9)17-5-8(14)15/h1-4H,5H2,(H,14,15)/p-1. The van der Waals surface area contributed by atoms with Crippen LogP contribution in [0.25, 0.3) is 11.5 Å². The highest BCUT2D eigenvalue weighted by molar-refractivity contribution is 7.99. The molecule has 7 heteroatoms. The molecule has 0 aliphatic carbocycles. The van der Waals surface area contributed by atoms with Crippen LogP contribution in [0.15, 0.2) is 33.9 Å². The lowest BCUT2D eigenvalue weighted by Gasteiger charge is -1.96. The molecule has 0 radical (unpaired) electrons. The van der Waals surface area contributed by atoms with Crippen LogP contribution in [0.1, 0.15) is 0 Å². The van der Waals surface area contributed by atoms with Gasteiger partial charge in [-0.25, -0.2) is 0 Å². The predicted molar refractivity (Wildman–Crippen MR) is 60.5 cm³/mol. The number of thioether (sulfide) groups is 1. The van der Waals surface area contributed by atoms with E-state index >= 15 is 0 Å². The Labute approximate surface area is 106 Å². The third kappa shape index (κ3) is 3.21. The summed E-state index contributed by atoms with van der Waals surface area (Å²) < 4.78 is 5.27. The van der Waals surface area contributed by atoms with Crippen LogP contribution in [0.5, 0.6) is 0 Å². The number of carbonyl (C=O) groups excluding carboxylic acids is 1. The van der Waals surface area contributed by atoms with Gasteiger partial charge >= 0.3 is 0 Å². The average molecular weight is 270 g/mol. The fourth-order valence-corrected chi connectivity index (χ4v) is 1.79. The Hall–Kier alpha value is -1.53. The number of carboxylic acids is 1. The maximum Gasteiger partial charge on any atom is 0.277 e. The van der Waals surface area contributed by atoms with E-state index < -0.39 is 5.97 Å². The van der Waals surface area contributed by atoms with Gasteiger partial charge in [0.15, 0.2) is 0 Å². The highest BCUT2D eigenvalue weighted by Gasteiger charge is 2.09. The first-order valence-electron chi connectivity index (χ1n) is 4.57. The summed E-state index contributed by atoms with van der Waals surface area (Å²) in [5, 5.41) is 18.5. The second-order valence-corrected chi connectivity index (χ2v) is 4.41. The molecule has 1 aromatic heterocycles. The average Bonchev–Trinajstić information content (AvgIpc) is 2.75. The second kappa shape index (κ2) is 5.20. The minimum atomic E-state index is -1.18. The highest BCUT2D eigenvalue weighted by Crippen LogP contribution is 2.24. The van der Waals surface area contributed by atoms with E-state index in [0.717, 1.165) is 11.8 Å². The third-order valence-electron chi connectivity index (χ3n) is 1.79. The Balaban J connectivity index is 2.15. The summed E-state index contributed by atoms with van der Waals surface area (Å²) in [5.41, 5.74) is 0.685. The molecule has 2 rings (SSSR count). The van der Waals surface area contributed by atoms with E-state index in [9.17, 15) is 9.90 Å². The largest absolute Gasteiger partial charge is 0.549 e. The van der Waals surface area contributed by atoms with Gasteiger partial charge in [0, 0.05) is 16.3 Å². The fourth-order valence-electron chi connectivity index (χ4n) is 1.13. The number of aliphatic carboxylic acids is 1. The van der Waals surface area contributed by atoms with Crippen LogP contribution >= 0.6 is 23.4 Å². The molecule has 0 aliphatic rings. The van der Waals surface area contributed by atoms with Gasteiger partial charge in [0.2, 0.25) is 5.89 Å². The van der Waals surface area contributed by atoms with Crippen LogP contribution in [0.3, 0.4) is 0 Å². The van der Waals surface area contributed by atoms with Crippen molar-refractivity contribution in [1.82, 2.24) is 10.2 Å². The maximum absolute atomic E-state index is 10.3. The van der Waals surface area contributed by atoms with E-state index in [1.54, 1.807) is 24.3 Å². The summed E-state index contributed by atoms with van der Waals surface area (Å²) in [4.78, 5) is 10.3. The summed E-state index contributed by atoms with van der Waals surface area (Å²) in [6.45, 7) is 0. The van der Waals surface area contributed by atoms with Crippen LogP contribution in [0.2, 0.25) is 5.02 Å². The van der Waals surface area contributed by atoms with Crippen LogP contribution in [-0.4, -0.2) is 21.9 Å². The molecule has 1 heterocycles. The van der Waals surface area contributed by atoms with E-state index in [-0.39, 0.29) is 11.0 Å². The van der Waals surface area contributed by atoms with Crippen molar-refractivity contribution in [1.29, 1.82) is 0 Å². The Kier molecular flexibility index (Phi) is 3.65. The van der Waals surface area contributed by atoms with Crippen molar-refractivity contribution in [2.45, 2.75) is 5.22 Å². The van der Waals surface area contributed by atoms with Gasteiger partial charge in [-0.1, -0.05) is 29.4 Å². The number of halogens is 1. The maximum atomic E-state index is 10.3. The lowest BCUT2D eigenvalue weighted by Crippen LogP contribution is -2.24. The first-order valence-corrected chi connectivity index (χ1v) is 5.93. The van der Waals surface area contributed by atoms with Crippen molar-refractivity contribution < 1.29 is 14.3 Å². The summed E-state index contributed by atoms with van der Waals surface area (Å²) in [7, 11) is 0. The minimum Gasteiger partial charge on any atom is -0.549 e. The monoisotopic (exact) mass is 269 g/mol. The van der Waals surface area contributed by atoms with Gasteiger partial charge in [-0.3, -0.25) is 0 Å². The normalized spacial score (nSPS) is 10.4. The first-order chi connectivity index (χ1) is 8.15. The third-order valence-corrected chi connectivity index (χ3v) is 2.82. The minimum absolute atomic E-state index is 0.184. The summed E-state index contributed by atoms with van der Waals surface area (Å²) >= 11 is 6.74. The SMILES string of the molecule is O=C([O-])CSc1nnc(-c2cccc(Cl)c2)o1. The van der Waals surface area contributed by atoms with E-state index in [2.05, 4.69) is 10.2 Å². The van der Waals surface area contributed by atoms with Gasteiger partial charge < -0.3 is 14.3 Å². The van der Waals surface area contributed by atoms with Crippen molar-refractivity contribution in [3.63, 3.8) is 0 Å². The molecular formula is C10H6ClN2O3S-. The quantitative estimate of drug-likeness (QED) is 0.777. The molecule has 0 atom stereocenters. The van der Waals surface area contributed by atoms with E-state index in [1.165, 1.54) is 0 Å². The first kappa shape index (κ1) is 11.9. The number of carboxylic acid groups (broad SMARTS) is 1. The highest BCUT2D eigenvalue weighted by atomic mass is 35.5. The smallest absolute Gasteiger partial charge is 0.277 e. The number of nitrogens with zero attached hydrogens (tertiary/aromatic N) is 2. The molecule has 17 heavy (non-hydrogen) atoms. The Bertz CT molecular complexity index is 544. The van der Waals surface area contributed by atoms with Gasteiger partial charge in [0.05, 0.1) is 5.97 Å². The Morgan fingerprint density at radius 1 is 1.47 bits per heavy atom. The van der Waals surface area contributed by atoms with Crippen molar-refractivity contribution in [3.05, 3.63) is 29.3 Å². The molecular weight excluding hydrogens is 264 g/mol. The number of aromatic nitrogens is 2. The lowest BCUT2D eigenvalue weighted by atomic mass is 10.2. The number of benzene rings is 1. The molecule has 0 saturated heterocycles. The van der Waals surface area contributed by atoms with Gasteiger partial charge in [-0.15, -0.1) is 10.2 Å². The summed E-state index contributed by atoms with van der Waals surface area (Å²) in [5.74, 6) is -1.11. The van der Waals surface area contributed by atoms with E-state index in [0.29, 0.717) is 16.5 Å². The van der Waals surface area contributed by atoms with Gasteiger partial charge in [0.1, 0.15) is 0 Å². The number of rotatable bonds is 4. The molecule has 1 aromatic carbocycles. The zero-order chi connectivity index (χ0) is 12.3. The van der Waals surface area contributed by atoms with Crippen LogP contribution in [0.4, 0.5) is 0 Å². The number of hydrogen-bond donors (Lipinski definition) is 0. The lowest BCUT2D eigenvalue weighted by molar-refractivity contribution is -0.301. The molecule has 0 N–H and O–H groups in total. The summed E-state index contributed by atoms with van der Waals surface area (Å²) in [6.07, 6.45) is 0. The molecule has 0 unspecified atom stereocenters. The van der Waals surface area contributed by atoms with Crippen LogP contribution < -0.4 is 5.11 Å². The van der Waals surface area contributed by atoms with E-state index in [1.807, 2.05) is 0 Å². The molecule has 0 amide bonds. The Morgan fingerprint density at radius 2 is 2.29 bits per heavy atom. The van der Waals surface area contributed by atoms with Crippen LogP contribution in [0, 0.1) is 0 Å². The number of carbonyl (C=O) groups is 1. The Morgan fingerprint density at radius 3 is 3.00 bits per heavy atom. The molecule has 0 aliphatic heterocycles. The van der Waals surface area contributed by atoms with Crippen molar-refractivity contribution in [2.75, 3.05) is 5.75 Å². The topological polar surface area (TPSA) is 79.0 Å². The van der Waals surface area contributed by atoms with Gasteiger partial charge in [-0.2, -0.15) is 0 Å². The van der Waals surface area contributed by atoms with E-state index in [4.69, 9.17) is 16.0 Å². The van der Waals surface area contributed by atoms with Crippen molar-refractivity contribution in [2.24, 2.45) is 0 Å². The van der Waals surface area contributed by atoms with Crippen molar-refractivity contribution >= 4 is 29.3 Å². The molecule has 0 fully saturated rings. The molecule has 88 valence electrons. The van der Waals surface area contributed by atoms with Crippen molar-refractivity contribution in [3.8, 4) is 11.5 Å². The zero-order valence-electron chi connectivity index (χ0n) is 8.42. The molecule has 2 aromatic rings. The predicted octanol–water partition coefficient (Wildman–Crippen LogP) is 1.23. The fraction of sp³-hybridized carbons (Fsp3) is 0.100. The summed E-state index contributed by atoms with van der Waals surface area (Å²) in [6, 6.07) is 6.94. The number of hydrogen-bond acceptors (Lipinski definition) is 6. The van der Waals surface area contributed by atoms with Gasteiger partial charge in [-0.05, 0) is 18.2 Å². The molecule has 5 nitrogen and oxygen atoms in total. The second-order valence-electron chi connectivity index (χ2n) is 3.04.